The van der Waals surface area contributed by atoms with E-state index in [9.17, 15) is 4.79 Å². The molecule has 0 fully saturated rings. The second-order valence-corrected chi connectivity index (χ2v) is 5.36. The van der Waals surface area contributed by atoms with E-state index in [0.717, 1.165) is 16.7 Å². The molecule has 4 rings (SSSR count). The first-order chi connectivity index (χ1) is 12.2. The number of amides is 1. The molecule has 0 aliphatic rings. The number of hydrogen-bond acceptors (Lipinski definition) is 6. The summed E-state index contributed by atoms with van der Waals surface area (Å²) in [5, 5.41) is 11.5. The Balaban J connectivity index is 1.61. The fraction of sp³-hybridized carbons (Fsp3) is 0.0556. The number of pyridine rings is 1. The van der Waals surface area contributed by atoms with Gasteiger partial charge in [-0.2, -0.15) is 0 Å². The van der Waals surface area contributed by atoms with Gasteiger partial charge in [-0.15, -0.1) is 10.2 Å². The third kappa shape index (κ3) is 2.94. The number of anilines is 1. The Kier molecular flexibility index (Phi) is 3.66. The fourth-order valence-corrected chi connectivity index (χ4v) is 2.46. The highest BCUT2D eigenvalue weighted by Crippen LogP contribution is 2.21. The van der Waals surface area contributed by atoms with Crippen molar-refractivity contribution in [2.75, 3.05) is 12.4 Å². The molecule has 0 saturated heterocycles. The second kappa shape index (κ2) is 6.12. The van der Waals surface area contributed by atoms with Gasteiger partial charge in [-0.1, -0.05) is 12.1 Å². The van der Waals surface area contributed by atoms with E-state index >= 15 is 0 Å². The topological polar surface area (TPSA) is 89.9 Å². The Morgan fingerprint density at radius 2 is 1.84 bits per heavy atom. The van der Waals surface area contributed by atoms with Crippen LogP contribution in [-0.4, -0.2) is 33.2 Å². The summed E-state index contributed by atoms with van der Waals surface area (Å²) in [7, 11) is 1.60. The first kappa shape index (κ1) is 14.9. The minimum Gasteiger partial charge on any atom is -0.497 e. The third-order valence-electron chi connectivity index (χ3n) is 3.71. The molecule has 0 aliphatic carbocycles. The maximum atomic E-state index is 12.4. The Hall–Kier alpha value is -3.61. The predicted octanol–water partition coefficient (Wildman–Crippen LogP) is 2.83. The van der Waals surface area contributed by atoms with Gasteiger partial charge in [0.15, 0.2) is 0 Å². The number of benzene rings is 2. The van der Waals surface area contributed by atoms with Crippen molar-refractivity contribution >= 4 is 33.5 Å². The van der Waals surface area contributed by atoms with Crippen molar-refractivity contribution in [3.63, 3.8) is 0 Å². The molecule has 25 heavy (non-hydrogen) atoms. The molecule has 0 unspecified atom stereocenters. The first-order valence-electron chi connectivity index (χ1n) is 7.57. The average molecular weight is 331 g/mol. The molecule has 0 radical (unpaired) electrons. The molecule has 2 aromatic carbocycles. The fourth-order valence-electron chi connectivity index (χ4n) is 2.46. The molecule has 0 atom stereocenters. The van der Waals surface area contributed by atoms with Gasteiger partial charge in [-0.25, -0.2) is 4.98 Å². The van der Waals surface area contributed by atoms with Crippen LogP contribution in [0.25, 0.3) is 21.9 Å². The normalized spacial score (nSPS) is 10.8. The molecule has 1 amide bonds. The maximum absolute atomic E-state index is 12.4. The molecule has 0 saturated carbocycles. The number of hydrogen-bond donors (Lipinski definition) is 1. The Bertz CT molecular complexity index is 1100. The highest BCUT2D eigenvalue weighted by Gasteiger charge is 2.12. The molecule has 0 spiro atoms. The predicted molar refractivity (Wildman–Crippen MR) is 93.6 cm³/mol. The summed E-state index contributed by atoms with van der Waals surface area (Å²) in [5.74, 6) is 0.300. The van der Waals surface area contributed by atoms with Gasteiger partial charge in [0.2, 0.25) is 5.82 Å². The number of aromatic nitrogens is 4. The zero-order chi connectivity index (χ0) is 17.2. The van der Waals surface area contributed by atoms with Gasteiger partial charge in [0.1, 0.15) is 11.3 Å². The third-order valence-corrected chi connectivity index (χ3v) is 3.71. The molecule has 7 nitrogen and oxygen atoms in total. The van der Waals surface area contributed by atoms with Crippen molar-refractivity contribution in [1.82, 2.24) is 20.2 Å². The molecule has 2 aromatic heterocycles. The number of nitrogens with one attached hydrogen (secondary N) is 1. The van der Waals surface area contributed by atoms with Crippen molar-refractivity contribution < 1.29 is 9.53 Å². The van der Waals surface area contributed by atoms with E-state index in [2.05, 4.69) is 25.5 Å². The van der Waals surface area contributed by atoms with E-state index in [-0.39, 0.29) is 5.82 Å². The molecule has 2 heterocycles. The van der Waals surface area contributed by atoms with E-state index in [1.165, 1.54) is 0 Å². The molecule has 4 aromatic rings. The maximum Gasteiger partial charge on any atom is 0.295 e. The van der Waals surface area contributed by atoms with Crippen LogP contribution in [0.2, 0.25) is 0 Å². The van der Waals surface area contributed by atoms with E-state index in [1.54, 1.807) is 25.4 Å². The smallest absolute Gasteiger partial charge is 0.295 e. The lowest BCUT2D eigenvalue weighted by molar-refractivity contribution is 0.101. The number of fused-ring (bicyclic) bond motifs is 2. The summed E-state index contributed by atoms with van der Waals surface area (Å²) in [4.78, 5) is 20.9. The minimum atomic E-state index is -0.437. The summed E-state index contributed by atoms with van der Waals surface area (Å²) in [6, 6.07) is 14.6. The quantitative estimate of drug-likeness (QED) is 0.621. The van der Waals surface area contributed by atoms with Crippen molar-refractivity contribution in [2.24, 2.45) is 0 Å². The van der Waals surface area contributed by atoms with E-state index < -0.39 is 5.91 Å². The van der Waals surface area contributed by atoms with Gasteiger partial charge < -0.3 is 10.1 Å². The van der Waals surface area contributed by atoms with Crippen LogP contribution in [0.4, 0.5) is 5.69 Å². The lowest BCUT2D eigenvalue weighted by Crippen LogP contribution is -2.16. The number of methoxy groups -OCH3 is 1. The molecular formula is C18H13N5O2. The standard InChI is InChI=1S/C18H13N5O2/c1-25-13-7-6-11-8-12(10-19-16(11)9-13)20-18(24)17-21-14-4-2-3-5-15(14)22-23-17/h2-10H,1H3,(H,20,24). The van der Waals surface area contributed by atoms with Crippen LogP contribution in [0.3, 0.4) is 0 Å². The molecule has 0 bridgehead atoms. The van der Waals surface area contributed by atoms with Crippen molar-refractivity contribution in [3.8, 4) is 5.75 Å². The number of carbonyl (C=O) groups excluding carboxylic acids is 1. The van der Waals surface area contributed by atoms with Crippen molar-refractivity contribution in [3.05, 3.63) is 60.6 Å². The van der Waals surface area contributed by atoms with Crippen LogP contribution < -0.4 is 10.1 Å². The summed E-state index contributed by atoms with van der Waals surface area (Å²) in [5.41, 5.74) is 2.59. The van der Waals surface area contributed by atoms with Crippen molar-refractivity contribution in [2.45, 2.75) is 0 Å². The highest BCUT2D eigenvalue weighted by molar-refractivity contribution is 6.03. The largest absolute Gasteiger partial charge is 0.497 e. The SMILES string of the molecule is COc1ccc2cc(NC(=O)c3nnc4ccccc4n3)cnc2c1. The molecule has 7 heteroatoms. The summed E-state index contributed by atoms with van der Waals surface area (Å²) in [6.07, 6.45) is 1.58. The molecule has 0 aliphatic heterocycles. The molecular weight excluding hydrogens is 318 g/mol. The summed E-state index contributed by atoms with van der Waals surface area (Å²) in [6.45, 7) is 0. The number of nitrogens with zero attached hydrogens (tertiary/aromatic N) is 4. The Morgan fingerprint density at radius 1 is 1.00 bits per heavy atom. The molecule has 1 N–H and O–H groups in total. The van der Waals surface area contributed by atoms with E-state index in [4.69, 9.17) is 4.74 Å². The zero-order valence-corrected chi connectivity index (χ0v) is 13.3. The number of para-hydroxylation sites is 1. The van der Waals surface area contributed by atoms with Crippen LogP contribution in [-0.2, 0) is 0 Å². The Labute approximate surface area is 142 Å². The van der Waals surface area contributed by atoms with Gasteiger partial charge >= 0.3 is 0 Å². The average Bonchev–Trinajstić information content (AvgIpc) is 2.67. The summed E-state index contributed by atoms with van der Waals surface area (Å²) >= 11 is 0. The second-order valence-electron chi connectivity index (χ2n) is 5.36. The lowest BCUT2D eigenvalue weighted by atomic mass is 10.2. The van der Waals surface area contributed by atoms with Crippen LogP contribution in [0.5, 0.6) is 5.75 Å². The lowest BCUT2D eigenvalue weighted by Gasteiger charge is -2.06. The monoisotopic (exact) mass is 331 g/mol. The van der Waals surface area contributed by atoms with Gasteiger partial charge in [0.25, 0.3) is 5.91 Å². The minimum absolute atomic E-state index is 0.00790. The first-order valence-corrected chi connectivity index (χ1v) is 7.57. The Morgan fingerprint density at radius 3 is 2.68 bits per heavy atom. The number of carbonyl (C=O) groups is 1. The number of rotatable bonds is 3. The van der Waals surface area contributed by atoms with Crippen LogP contribution in [0.15, 0.2) is 54.7 Å². The van der Waals surface area contributed by atoms with Gasteiger partial charge in [0.05, 0.1) is 30.0 Å². The van der Waals surface area contributed by atoms with Gasteiger partial charge in [-0.05, 0) is 30.3 Å². The van der Waals surface area contributed by atoms with Crippen molar-refractivity contribution in [1.29, 1.82) is 0 Å². The molecule has 122 valence electrons. The van der Waals surface area contributed by atoms with Crippen LogP contribution in [0.1, 0.15) is 10.6 Å². The van der Waals surface area contributed by atoms with E-state index in [0.29, 0.717) is 16.7 Å². The van der Waals surface area contributed by atoms with Gasteiger partial charge in [-0.3, -0.25) is 9.78 Å². The van der Waals surface area contributed by atoms with E-state index in [1.807, 2.05) is 36.4 Å². The van der Waals surface area contributed by atoms with Crippen LogP contribution in [0, 0.1) is 0 Å². The van der Waals surface area contributed by atoms with Crippen LogP contribution >= 0.6 is 0 Å². The van der Waals surface area contributed by atoms with Gasteiger partial charge in [0, 0.05) is 11.5 Å². The summed E-state index contributed by atoms with van der Waals surface area (Å²) < 4.78 is 5.18. The number of ether oxygens (including phenoxy) is 1. The zero-order valence-electron chi connectivity index (χ0n) is 13.3. The highest BCUT2D eigenvalue weighted by atomic mass is 16.5.